The number of hydrogen-bond donors (Lipinski definition) is 1. The zero-order valence-electron chi connectivity index (χ0n) is 14.5. The summed E-state index contributed by atoms with van der Waals surface area (Å²) < 4.78 is 0. The van der Waals surface area contributed by atoms with Crippen molar-refractivity contribution in [1.82, 2.24) is 5.32 Å². The third kappa shape index (κ3) is 3.31. The molecular weight excluding hydrogens is 421 g/mol. The third-order valence-corrected chi connectivity index (χ3v) is 5.60. The average Bonchev–Trinajstić information content (AvgIpc) is 2.67. The number of anilines is 2. The quantitative estimate of drug-likeness (QED) is 0.382. The molecule has 0 radical (unpaired) electrons. The first-order valence-corrected chi connectivity index (χ1v) is 9.59. The predicted octanol–water partition coefficient (Wildman–Crippen LogP) is 6.42. The lowest BCUT2D eigenvalue weighted by molar-refractivity contribution is -0.384. The molecule has 1 heterocycles. The van der Waals surface area contributed by atoms with Crippen LogP contribution in [0.5, 0.6) is 0 Å². The van der Waals surface area contributed by atoms with Crippen molar-refractivity contribution in [1.29, 1.82) is 0 Å². The molecule has 0 saturated heterocycles. The standard InChI is InChI=1S/C20H14Cl3N3O2/c21-16-5-2-1-4-13(16)14-8-12(26(27)28)9-19-15(14)10-24-11-25(19)20-17(22)6-3-7-18(20)23/h1-9,24H,10-11H2. The van der Waals surface area contributed by atoms with Crippen LogP contribution in [0.3, 0.4) is 0 Å². The molecule has 4 rings (SSSR count). The van der Waals surface area contributed by atoms with Crippen LogP contribution in [0.1, 0.15) is 5.56 Å². The maximum absolute atomic E-state index is 11.6. The molecule has 0 saturated carbocycles. The number of hydrogen-bond acceptors (Lipinski definition) is 4. The zero-order chi connectivity index (χ0) is 19.8. The van der Waals surface area contributed by atoms with E-state index in [1.807, 2.05) is 23.1 Å². The van der Waals surface area contributed by atoms with Gasteiger partial charge in [0.1, 0.15) is 0 Å². The maximum Gasteiger partial charge on any atom is 0.272 e. The summed E-state index contributed by atoms with van der Waals surface area (Å²) in [5.74, 6) is 0. The molecule has 3 aromatic carbocycles. The Morgan fingerprint density at radius 3 is 2.29 bits per heavy atom. The minimum atomic E-state index is -0.408. The van der Waals surface area contributed by atoms with Crippen LogP contribution in [0.2, 0.25) is 15.1 Å². The second kappa shape index (κ2) is 7.60. The molecule has 0 spiro atoms. The van der Waals surface area contributed by atoms with Crippen molar-refractivity contribution in [3.63, 3.8) is 0 Å². The number of nitrogens with one attached hydrogen (secondary N) is 1. The van der Waals surface area contributed by atoms with Crippen LogP contribution < -0.4 is 10.2 Å². The highest BCUT2D eigenvalue weighted by atomic mass is 35.5. The van der Waals surface area contributed by atoms with Gasteiger partial charge in [-0.2, -0.15) is 0 Å². The van der Waals surface area contributed by atoms with E-state index in [1.54, 1.807) is 36.4 Å². The number of para-hydroxylation sites is 1. The molecule has 0 bridgehead atoms. The normalized spacial score (nSPS) is 13.3. The number of nitro benzene ring substituents is 1. The summed E-state index contributed by atoms with van der Waals surface area (Å²) in [4.78, 5) is 13.1. The first kappa shape index (κ1) is 19.0. The molecule has 1 aliphatic rings. The van der Waals surface area contributed by atoms with Crippen LogP contribution in [-0.4, -0.2) is 11.6 Å². The number of nitrogens with zero attached hydrogens (tertiary/aromatic N) is 2. The molecule has 3 aromatic rings. The summed E-state index contributed by atoms with van der Waals surface area (Å²) in [7, 11) is 0. The Morgan fingerprint density at radius 2 is 1.61 bits per heavy atom. The molecule has 0 fully saturated rings. The molecule has 28 heavy (non-hydrogen) atoms. The summed E-state index contributed by atoms with van der Waals surface area (Å²) in [6.45, 7) is 0.950. The summed E-state index contributed by atoms with van der Waals surface area (Å²) in [6, 6.07) is 15.6. The highest BCUT2D eigenvalue weighted by Gasteiger charge is 2.28. The Morgan fingerprint density at radius 1 is 0.929 bits per heavy atom. The van der Waals surface area contributed by atoms with Crippen LogP contribution in [0.4, 0.5) is 17.1 Å². The van der Waals surface area contributed by atoms with Crippen molar-refractivity contribution in [2.45, 2.75) is 6.54 Å². The highest BCUT2D eigenvalue weighted by molar-refractivity contribution is 6.39. The smallest absolute Gasteiger partial charge is 0.272 e. The fourth-order valence-corrected chi connectivity index (χ4v) is 4.26. The van der Waals surface area contributed by atoms with Gasteiger partial charge >= 0.3 is 0 Å². The van der Waals surface area contributed by atoms with Gasteiger partial charge in [0.25, 0.3) is 5.69 Å². The van der Waals surface area contributed by atoms with E-state index < -0.39 is 4.92 Å². The van der Waals surface area contributed by atoms with Crippen molar-refractivity contribution < 1.29 is 4.92 Å². The van der Waals surface area contributed by atoms with Crippen molar-refractivity contribution >= 4 is 51.9 Å². The predicted molar refractivity (Wildman–Crippen MR) is 114 cm³/mol. The summed E-state index contributed by atoms with van der Waals surface area (Å²) in [5, 5.41) is 16.4. The molecule has 0 amide bonds. The Hall–Kier alpha value is -2.31. The van der Waals surface area contributed by atoms with Crippen LogP contribution in [-0.2, 0) is 6.54 Å². The first-order valence-electron chi connectivity index (χ1n) is 8.46. The Kier molecular flexibility index (Phi) is 5.17. The highest BCUT2D eigenvalue weighted by Crippen LogP contribution is 2.45. The van der Waals surface area contributed by atoms with Crippen LogP contribution in [0.15, 0.2) is 54.6 Å². The van der Waals surface area contributed by atoms with E-state index in [0.29, 0.717) is 45.2 Å². The molecule has 142 valence electrons. The fourth-order valence-electron chi connectivity index (χ4n) is 3.42. The SMILES string of the molecule is O=[N+]([O-])c1cc(-c2ccccc2Cl)c2c(c1)N(c1c(Cl)cccc1Cl)CNC2. The molecule has 8 heteroatoms. The number of halogens is 3. The van der Waals surface area contributed by atoms with Crippen molar-refractivity contribution in [3.8, 4) is 11.1 Å². The first-order chi connectivity index (χ1) is 13.5. The van der Waals surface area contributed by atoms with E-state index >= 15 is 0 Å². The number of rotatable bonds is 3. The van der Waals surface area contributed by atoms with E-state index in [1.165, 1.54) is 0 Å². The minimum Gasteiger partial charge on any atom is -0.325 e. The Bertz CT molecular complexity index is 1070. The second-order valence-electron chi connectivity index (χ2n) is 6.31. The van der Waals surface area contributed by atoms with Crippen LogP contribution in [0.25, 0.3) is 11.1 Å². The lowest BCUT2D eigenvalue weighted by Crippen LogP contribution is -2.36. The molecule has 0 aromatic heterocycles. The van der Waals surface area contributed by atoms with E-state index in [0.717, 1.165) is 11.1 Å². The summed E-state index contributed by atoms with van der Waals surface area (Å²) in [5.41, 5.74) is 3.58. The van der Waals surface area contributed by atoms with E-state index in [4.69, 9.17) is 34.8 Å². The Labute approximate surface area is 176 Å². The Balaban J connectivity index is 2.00. The topological polar surface area (TPSA) is 58.4 Å². The van der Waals surface area contributed by atoms with Crippen molar-refractivity contribution in [3.05, 3.63) is 85.3 Å². The van der Waals surface area contributed by atoms with Gasteiger partial charge < -0.3 is 4.90 Å². The summed E-state index contributed by atoms with van der Waals surface area (Å²) in [6.07, 6.45) is 0. The molecule has 5 nitrogen and oxygen atoms in total. The van der Waals surface area contributed by atoms with Crippen molar-refractivity contribution in [2.75, 3.05) is 11.6 Å². The lowest BCUT2D eigenvalue weighted by Gasteiger charge is -2.34. The van der Waals surface area contributed by atoms with Gasteiger partial charge in [-0.1, -0.05) is 59.1 Å². The van der Waals surface area contributed by atoms with Crippen LogP contribution >= 0.6 is 34.8 Å². The minimum absolute atomic E-state index is 0.0243. The second-order valence-corrected chi connectivity index (χ2v) is 7.53. The summed E-state index contributed by atoms with van der Waals surface area (Å²) >= 11 is 19.2. The van der Waals surface area contributed by atoms with Crippen molar-refractivity contribution in [2.24, 2.45) is 0 Å². The maximum atomic E-state index is 11.6. The molecule has 0 aliphatic carbocycles. The number of fused-ring (bicyclic) bond motifs is 1. The van der Waals surface area contributed by atoms with Gasteiger partial charge in [-0.3, -0.25) is 15.4 Å². The monoisotopic (exact) mass is 433 g/mol. The number of benzene rings is 3. The average molecular weight is 435 g/mol. The number of non-ortho nitro benzene ring substituents is 1. The molecule has 0 atom stereocenters. The van der Waals surface area contributed by atoms with Gasteiger partial charge in [0, 0.05) is 29.3 Å². The zero-order valence-corrected chi connectivity index (χ0v) is 16.7. The van der Waals surface area contributed by atoms with Gasteiger partial charge in [-0.25, -0.2) is 0 Å². The van der Waals surface area contributed by atoms with E-state index in [2.05, 4.69) is 5.32 Å². The van der Waals surface area contributed by atoms with E-state index in [9.17, 15) is 10.1 Å². The molecule has 1 N–H and O–H groups in total. The van der Waals surface area contributed by atoms with Gasteiger partial charge in [-0.05, 0) is 29.3 Å². The molecule has 1 aliphatic heterocycles. The van der Waals surface area contributed by atoms with Gasteiger partial charge in [-0.15, -0.1) is 0 Å². The molecule has 0 unspecified atom stereocenters. The third-order valence-electron chi connectivity index (χ3n) is 4.66. The van der Waals surface area contributed by atoms with E-state index in [-0.39, 0.29) is 5.69 Å². The molecular formula is C20H14Cl3N3O2. The van der Waals surface area contributed by atoms with Gasteiger partial charge in [0.05, 0.1) is 33.0 Å². The largest absolute Gasteiger partial charge is 0.325 e. The number of nitro groups is 1. The van der Waals surface area contributed by atoms with Crippen LogP contribution in [0, 0.1) is 10.1 Å². The van der Waals surface area contributed by atoms with Gasteiger partial charge in [0.15, 0.2) is 0 Å². The lowest BCUT2D eigenvalue weighted by atomic mass is 9.95. The fraction of sp³-hybridized carbons (Fsp3) is 0.100. The van der Waals surface area contributed by atoms with Gasteiger partial charge in [0.2, 0.25) is 0 Å².